The third kappa shape index (κ3) is 1.64. The number of hydrogen-bond donors (Lipinski definition) is 0. The van der Waals surface area contributed by atoms with Crippen LogP contribution in [0.2, 0.25) is 0 Å². The van der Waals surface area contributed by atoms with Crippen LogP contribution < -0.4 is 0 Å². The lowest BCUT2D eigenvalue weighted by molar-refractivity contribution is -0.0529. The summed E-state index contributed by atoms with van der Waals surface area (Å²) in [4.78, 5) is 1.38. The van der Waals surface area contributed by atoms with Crippen molar-refractivity contribution >= 4 is 0 Å². The summed E-state index contributed by atoms with van der Waals surface area (Å²) in [5, 5.41) is 0. The fraction of sp³-hybridized carbons (Fsp3) is 0.833. The van der Waals surface area contributed by atoms with E-state index < -0.39 is 12.5 Å². The molecule has 0 saturated carbocycles. The van der Waals surface area contributed by atoms with Crippen LogP contribution in [0.5, 0.6) is 0 Å². The summed E-state index contributed by atoms with van der Waals surface area (Å²) in [7, 11) is 3.47. The van der Waals surface area contributed by atoms with E-state index in [1.165, 1.54) is 4.90 Å². The fourth-order valence-corrected chi connectivity index (χ4v) is 0.889. The van der Waals surface area contributed by atoms with Crippen LogP contribution in [0.1, 0.15) is 0 Å². The molecule has 0 aromatic carbocycles. The van der Waals surface area contributed by atoms with Crippen molar-refractivity contribution in [2.75, 3.05) is 19.8 Å². The molecule has 60 valence electrons. The standard InChI is InChI=1S/C6H10F2NO/c1-9-2-3-10-4-5(9)6(7)8/h5-6H,1-4H2/q-1. The summed E-state index contributed by atoms with van der Waals surface area (Å²) in [5.41, 5.74) is 0. The van der Waals surface area contributed by atoms with E-state index >= 15 is 0 Å². The van der Waals surface area contributed by atoms with Crippen molar-refractivity contribution in [2.45, 2.75) is 12.5 Å². The highest BCUT2D eigenvalue weighted by atomic mass is 19.3. The molecule has 0 amide bonds. The lowest BCUT2D eigenvalue weighted by Crippen LogP contribution is -2.45. The topological polar surface area (TPSA) is 12.5 Å². The van der Waals surface area contributed by atoms with E-state index in [0.717, 1.165) is 0 Å². The van der Waals surface area contributed by atoms with Crippen LogP contribution in [0.15, 0.2) is 0 Å². The molecule has 0 aromatic heterocycles. The number of hydrogen-bond acceptors (Lipinski definition) is 2. The zero-order valence-electron chi connectivity index (χ0n) is 5.59. The van der Waals surface area contributed by atoms with Crippen LogP contribution in [0.3, 0.4) is 0 Å². The van der Waals surface area contributed by atoms with Gasteiger partial charge in [0.25, 0.3) is 6.43 Å². The highest BCUT2D eigenvalue weighted by Gasteiger charge is 2.23. The van der Waals surface area contributed by atoms with E-state index in [2.05, 4.69) is 7.05 Å². The molecule has 1 atom stereocenters. The minimum Gasteiger partial charge on any atom is -0.448 e. The van der Waals surface area contributed by atoms with E-state index in [0.29, 0.717) is 13.2 Å². The molecule has 0 N–H and O–H groups in total. The van der Waals surface area contributed by atoms with Gasteiger partial charge in [-0.1, -0.05) is 0 Å². The van der Waals surface area contributed by atoms with E-state index in [1.807, 2.05) is 0 Å². The lowest BCUT2D eigenvalue weighted by atomic mass is 10.2. The van der Waals surface area contributed by atoms with Gasteiger partial charge in [0.1, 0.15) is 0 Å². The maximum Gasteiger partial charge on any atom is 0.253 e. The molecule has 1 aliphatic rings. The second-order valence-corrected chi connectivity index (χ2v) is 2.29. The summed E-state index contributed by atoms with van der Waals surface area (Å²) in [6, 6.07) is -0.811. The van der Waals surface area contributed by atoms with Gasteiger partial charge in [0, 0.05) is 0 Å². The molecule has 1 heterocycles. The molecular weight excluding hydrogens is 140 g/mol. The Labute approximate surface area is 58.8 Å². The van der Waals surface area contributed by atoms with Crippen molar-refractivity contribution < 1.29 is 13.5 Å². The molecule has 10 heavy (non-hydrogen) atoms. The molecule has 0 bridgehead atoms. The number of nitrogens with zero attached hydrogens (tertiary/aromatic N) is 1. The number of ether oxygens (including phenoxy) is 1. The third-order valence-corrected chi connectivity index (χ3v) is 1.57. The maximum absolute atomic E-state index is 12.0. The van der Waals surface area contributed by atoms with Crippen molar-refractivity contribution in [1.29, 1.82) is 0 Å². The van der Waals surface area contributed by atoms with Crippen LogP contribution in [-0.2, 0) is 4.74 Å². The van der Waals surface area contributed by atoms with Gasteiger partial charge in [-0.25, -0.2) is 8.78 Å². The number of rotatable bonds is 1. The highest BCUT2D eigenvalue weighted by Crippen LogP contribution is 2.12. The van der Waals surface area contributed by atoms with Gasteiger partial charge in [0.15, 0.2) is 0 Å². The molecule has 1 aliphatic heterocycles. The van der Waals surface area contributed by atoms with Gasteiger partial charge in [-0.2, -0.15) is 0 Å². The van der Waals surface area contributed by atoms with Gasteiger partial charge in [-0.15, -0.1) is 0 Å². The Morgan fingerprint density at radius 3 is 2.70 bits per heavy atom. The van der Waals surface area contributed by atoms with Crippen LogP contribution >= 0.6 is 0 Å². The Bertz CT molecular complexity index is 110. The van der Waals surface area contributed by atoms with Gasteiger partial charge in [0.2, 0.25) is 0 Å². The highest BCUT2D eigenvalue weighted by molar-refractivity contribution is 4.76. The molecule has 1 fully saturated rings. The fourth-order valence-electron chi connectivity index (χ4n) is 0.889. The molecule has 0 spiro atoms. The van der Waals surface area contributed by atoms with Crippen molar-refractivity contribution in [2.24, 2.45) is 0 Å². The smallest absolute Gasteiger partial charge is 0.253 e. The molecule has 1 unspecified atom stereocenters. The predicted octanol–water partition coefficient (Wildman–Crippen LogP) is 0.744. The molecule has 0 aromatic rings. The number of alkyl halides is 2. The summed E-state index contributed by atoms with van der Waals surface area (Å²) in [6.07, 6.45) is -2.35. The minimum atomic E-state index is -2.35. The average Bonchev–Trinajstić information content (AvgIpc) is 1.88. The Morgan fingerprint density at radius 1 is 1.60 bits per heavy atom. The van der Waals surface area contributed by atoms with E-state index in [1.54, 1.807) is 0 Å². The summed E-state index contributed by atoms with van der Waals surface area (Å²) in [5.74, 6) is 0. The zero-order chi connectivity index (χ0) is 7.56. The first kappa shape index (κ1) is 7.88. The van der Waals surface area contributed by atoms with Crippen molar-refractivity contribution in [3.05, 3.63) is 7.05 Å². The van der Waals surface area contributed by atoms with Crippen LogP contribution in [0.25, 0.3) is 0 Å². The summed E-state index contributed by atoms with van der Waals surface area (Å²) < 4.78 is 28.9. The molecule has 0 radical (unpaired) electrons. The Hall–Kier alpha value is -0.220. The van der Waals surface area contributed by atoms with Gasteiger partial charge in [0.05, 0.1) is 19.3 Å². The lowest BCUT2D eigenvalue weighted by Gasteiger charge is -2.37. The zero-order valence-corrected chi connectivity index (χ0v) is 5.59. The van der Waals surface area contributed by atoms with Gasteiger partial charge in [-0.05, 0) is 6.54 Å². The third-order valence-electron chi connectivity index (χ3n) is 1.57. The SMILES string of the molecule is [CH2-]N1CCOCC1C(F)F. The van der Waals surface area contributed by atoms with Gasteiger partial charge >= 0.3 is 0 Å². The molecular formula is C6H10F2NO-. The molecule has 1 saturated heterocycles. The maximum atomic E-state index is 12.0. The average molecular weight is 150 g/mol. The molecule has 4 heteroatoms. The van der Waals surface area contributed by atoms with Gasteiger partial charge < -0.3 is 9.64 Å². The van der Waals surface area contributed by atoms with E-state index in [4.69, 9.17) is 4.74 Å². The second-order valence-electron chi connectivity index (χ2n) is 2.29. The van der Waals surface area contributed by atoms with Crippen LogP contribution in [0, 0.1) is 7.05 Å². The predicted molar refractivity (Wildman–Crippen MR) is 32.7 cm³/mol. The minimum absolute atomic E-state index is 0.0984. The van der Waals surface area contributed by atoms with Crippen LogP contribution in [-0.4, -0.2) is 37.1 Å². The largest absolute Gasteiger partial charge is 0.448 e. The summed E-state index contributed by atoms with van der Waals surface area (Å²) in [6.45, 7) is 1.10. The Balaban J connectivity index is 2.40. The molecule has 2 nitrogen and oxygen atoms in total. The van der Waals surface area contributed by atoms with Crippen molar-refractivity contribution in [1.82, 2.24) is 4.90 Å². The van der Waals surface area contributed by atoms with E-state index in [-0.39, 0.29) is 6.61 Å². The summed E-state index contributed by atoms with van der Waals surface area (Å²) >= 11 is 0. The Kier molecular flexibility index (Phi) is 2.56. The first-order chi connectivity index (χ1) is 4.72. The molecule has 1 rings (SSSR count). The number of morpholine rings is 1. The normalized spacial score (nSPS) is 29.4. The van der Waals surface area contributed by atoms with Crippen LogP contribution in [0.4, 0.5) is 8.78 Å². The Morgan fingerprint density at radius 2 is 2.30 bits per heavy atom. The first-order valence-electron chi connectivity index (χ1n) is 3.15. The monoisotopic (exact) mass is 150 g/mol. The first-order valence-corrected chi connectivity index (χ1v) is 3.15. The van der Waals surface area contributed by atoms with Crippen molar-refractivity contribution in [3.63, 3.8) is 0 Å². The van der Waals surface area contributed by atoms with Gasteiger partial charge in [-0.3, -0.25) is 7.05 Å². The number of halogens is 2. The quantitative estimate of drug-likeness (QED) is 0.511. The second kappa shape index (κ2) is 3.25. The van der Waals surface area contributed by atoms with Crippen molar-refractivity contribution in [3.8, 4) is 0 Å². The van der Waals surface area contributed by atoms with E-state index in [9.17, 15) is 8.78 Å². The molecule has 0 aliphatic carbocycles.